The summed E-state index contributed by atoms with van der Waals surface area (Å²) in [5.74, 6) is -2.83. The van der Waals surface area contributed by atoms with Crippen LogP contribution in [-0.4, -0.2) is 42.8 Å². The molecule has 1 saturated heterocycles. The van der Waals surface area contributed by atoms with Crippen LogP contribution in [0.3, 0.4) is 0 Å². The fraction of sp³-hybridized carbons (Fsp3) is 0.261. The largest absolute Gasteiger partial charge is 0.545 e. The third-order valence-corrected chi connectivity index (χ3v) is 6.08. The van der Waals surface area contributed by atoms with Gasteiger partial charge in [-0.25, -0.2) is 0 Å². The lowest BCUT2D eigenvalue weighted by molar-refractivity contribution is -0.301. The van der Waals surface area contributed by atoms with Crippen LogP contribution in [-0.2, 0) is 16.0 Å². The van der Waals surface area contributed by atoms with E-state index in [0.29, 0.717) is 18.6 Å². The average Bonchev–Trinajstić information content (AvgIpc) is 3.15. The molecule has 1 aliphatic heterocycles. The fourth-order valence-electron chi connectivity index (χ4n) is 3.69. The Morgan fingerprint density at radius 2 is 1.63 bits per heavy atom. The molecule has 0 atom stereocenters. The van der Waals surface area contributed by atoms with Crippen molar-refractivity contribution in [3.63, 3.8) is 0 Å². The zero-order valence-corrected chi connectivity index (χ0v) is 17.4. The zero-order valence-electron chi connectivity index (χ0n) is 16.6. The van der Waals surface area contributed by atoms with Gasteiger partial charge >= 0.3 is 0 Å². The molecule has 4 rings (SSSR count). The Bertz CT molecular complexity index is 1010. The Morgan fingerprint density at radius 1 is 1.00 bits per heavy atom. The molecule has 0 amide bonds. The van der Waals surface area contributed by atoms with E-state index in [9.17, 15) is 24.6 Å². The van der Waals surface area contributed by atoms with Gasteiger partial charge in [-0.2, -0.15) is 0 Å². The molecule has 2 aromatic rings. The van der Waals surface area contributed by atoms with Crippen molar-refractivity contribution >= 4 is 34.6 Å². The quantitative estimate of drug-likeness (QED) is 0.670. The average molecular weight is 423 g/mol. The van der Waals surface area contributed by atoms with Crippen LogP contribution in [0.25, 0.3) is 5.57 Å². The van der Waals surface area contributed by atoms with Crippen molar-refractivity contribution in [3.8, 4) is 0 Å². The summed E-state index contributed by atoms with van der Waals surface area (Å²) in [4.78, 5) is 34.7. The molecule has 0 radical (unpaired) electrons. The van der Waals surface area contributed by atoms with Gasteiger partial charge in [0.1, 0.15) is 0 Å². The number of hydrogen-bond acceptors (Lipinski definition) is 7. The molecule has 30 heavy (non-hydrogen) atoms. The number of carbonyl (C=O) groups is 3. The molecule has 1 aromatic carbocycles. The van der Waals surface area contributed by atoms with E-state index in [-0.39, 0.29) is 5.78 Å². The maximum atomic E-state index is 12.6. The molecule has 6 nitrogen and oxygen atoms in total. The molecular weight excluding hydrogens is 402 g/mol. The first-order valence-corrected chi connectivity index (χ1v) is 10.4. The number of aliphatic carboxylic acids is 2. The Hall–Kier alpha value is -3.03. The first-order valence-electron chi connectivity index (χ1n) is 9.56. The number of benzene rings is 1. The van der Waals surface area contributed by atoms with Crippen LogP contribution in [0.4, 0.5) is 0 Å². The number of piperidine rings is 1. The van der Waals surface area contributed by atoms with Crippen molar-refractivity contribution in [1.29, 1.82) is 0 Å². The summed E-state index contributed by atoms with van der Waals surface area (Å²) in [6.45, 7) is 2.21. The highest BCUT2D eigenvalue weighted by Gasteiger charge is 2.27. The van der Waals surface area contributed by atoms with Crippen LogP contribution in [0.5, 0.6) is 0 Å². The normalized spacial score (nSPS) is 16.4. The Kier molecular flexibility index (Phi) is 6.97. The van der Waals surface area contributed by atoms with E-state index < -0.39 is 11.9 Å². The number of carbonyl (C=O) groups excluding carboxylic acids is 3. The van der Waals surface area contributed by atoms with E-state index in [2.05, 4.69) is 41.6 Å². The highest BCUT2D eigenvalue weighted by atomic mass is 32.1. The summed E-state index contributed by atoms with van der Waals surface area (Å²) in [6, 6.07) is 10.6. The number of hydrogen-bond donors (Lipinski definition) is 0. The highest BCUT2D eigenvalue weighted by molar-refractivity contribution is 7.12. The molecule has 0 bridgehead atoms. The summed E-state index contributed by atoms with van der Waals surface area (Å²) >= 11 is 1.59. The standard InChI is InChI=1S/C19H19NOS.C4H4O4/c1-20-9-6-13(7-10-20)18-15-5-3-2-4-14(15)12-17(21)19-16(18)8-11-22-19;5-3(6)1-2-4(7)8/h2-5,8,11H,6-7,9-10,12H2,1H3;1-2H,(H,5,6)(H,7,8)/p-2/b;2-1+. The predicted octanol–water partition coefficient (Wildman–Crippen LogP) is 1.06. The maximum Gasteiger partial charge on any atom is 0.177 e. The molecule has 1 aromatic heterocycles. The minimum Gasteiger partial charge on any atom is -0.545 e. The van der Waals surface area contributed by atoms with E-state index in [0.717, 1.165) is 30.8 Å². The number of rotatable bonds is 2. The molecule has 1 fully saturated rings. The number of fused-ring (bicyclic) bond motifs is 2. The number of carboxylic acid groups (broad SMARTS) is 2. The number of thiophene rings is 1. The summed E-state index contributed by atoms with van der Waals surface area (Å²) in [6.07, 6.45) is 3.50. The van der Waals surface area contributed by atoms with Crippen LogP contribution in [0.2, 0.25) is 0 Å². The van der Waals surface area contributed by atoms with Gasteiger partial charge in [-0.15, -0.1) is 11.3 Å². The number of likely N-dealkylation sites (tertiary alicyclic amines) is 1. The minimum absolute atomic E-state index is 0.265. The van der Waals surface area contributed by atoms with Gasteiger partial charge in [-0.3, -0.25) is 4.79 Å². The van der Waals surface area contributed by atoms with Crippen LogP contribution in [0, 0.1) is 0 Å². The Balaban J connectivity index is 0.000000275. The van der Waals surface area contributed by atoms with E-state index >= 15 is 0 Å². The molecule has 0 spiro atoms. The third-order valence-electron chi connectivity index (χ3n) is 5.13. The van der Waals surface area contributed by atoms with Gasteiger partial charge in [0.15, 0.2) is 5.78 Å². The van der Waals surface area contributed by atoms with E-state index in [1.165, 1.54) is 27.8 Å². The van der Waals surface area contributed by atoms with Gasteiger partial charge in [0.2, 0.25) is 0 Å². The Morgan fingerprint density at radius 3 is 2.27 bits per heavy atom. The molecule has 0 unspecified atom stereocenters. The smallest absolute Gasteiger partial charge is 0.177 e. The second kappa shape index (κ2) is 9.65. The van der Waals surface area contributed by atoms with Crippen molar-refractivity contribution < 1.29 is 24.6 Å². The fourth-order valence-corrected chi connectivity index (χ4v) is 4.54. The molecular formula is C23H21NO5S-2. The van der Waals surface area contributed by atoms with Crippen molar-refractivity contribution in [2.45, 2.75) is 19.3 Å². The monoisotopic (exact) mass is 423 g/mol. The topological polar surface area (TPSA) is 101 Å². The minimum atomic E-state index is -1.55. The van der Waals surface area contributed by atoms with Crippen molar-refractivity contribution in [3.05, 3.63) is 75.0 Å². The third kappa shape index (κ3) is 5.11. The van der Waals surface area contributed by atoms with Gasteiger partial charge in [0.25, 0.3) is 0 Å². The molecule has 1 aliphatic carbocycles. The number of Topliss-reactive ketones (excluding diaryl/α,β-unsaturated/α-hetero) is 1. The van der Waals surface area contributed by atoms with Gasteiger partial charge in [-0.1, -0.05) is 29.8 Å². The van der Waals surface area contributed by atoms with E-state index in [1.54, 1.807) is 11.3 Å². The van der Waals surface area contributed by atoms with E-state index in [1.807, 2.05) is 6.07 Å². The molecule has 2 aliphatic rings. The lowest BCUT2D eigenvalue weighted by atomic mass is 9.88. The van der Waals surface area contributed by atoms with Gasteiger partial charge in [0.05, 0.1) is 16.8 Å². The molecule has 2 heterocycles. The molecule has 0 saturated carbocycles. The van der Waals surface area contributed by atoms with E-state index in [4.69, 9.17) is 0 Å². The summed E-state index contributed by atoms with van der Waals surface area (Å²) < 4.78 is 0. The number of carboxylic acids is 2. The summed E-state index contributed by atoms with van der Waals surface area (Å²) in [5, 5.41) is 20.9. The molecule has 0 N–H and O–H groups in total. The van der Waals surface area contributed by atoms with Crippen LogP contribution < -0.4 is 10.2 Å². The van der Waals surface area contributed by atoms with Crippen molar-refractivity contribution in [2.24, 2.45) is 0 Å². The second-order valence-corrected chi connectivity index (χ2v) is 8.09. The predicted molar refractivity (Wildman–Crippen MR) is 111 cm³/mol. The maximum absolute atomic E-state index is 12.6. The van der Waals surface area contributed by atoms with Crippen molar-refractivity contribution in [1.82, 2.24) is 4.90 Å². The van der Waals surface area contributed by atoms with Crippen molar-refractivity contribution in [2.75, 3.05) is 20.1 Å². The first-order chi connectivity index (χ1) is 14.4. The summed E-state index contributed by atoms with van der Waals surface area (Å²) in [7, 11) is 2.18. The SMILES string of the molecule is CN1CCC(=C2c3ccccc3CC(=O)c3sccc32)CC1.O=C([O-])/C=C/C(=O)[O-]. The highest BCUT2D eigenvalue weighted by Crippen LogP contribution is 2.40. The molecule has 7 heteroatoms. The van der Waals surface area contributed by atoms with Crippen LogP contribution >= 0.6 is 11.3 Å². The first kappa shape index (κ1) is 21.7. The molecule has 156 valence electrons. The van der Waals surface area contributed by atoms with Gasteiger partial charge in [-0.05, 0) is 60.2 Å². The Labute approximate surface area is 178 Å². The van der Waals surface area contributed by atoms with Gasteiger partial charge in [0, 0.05) is 25.1 Å². The second-order valence-electron chi connectivity index (χ2n) is 7.17. The van der Waals surface area contributed by atoms with Crippen LogP contribution in [0.1, 0.15) is 39.2 Å². The zero-order chi connectivity index (χ0) is 21.7. The lowest BCUT2D eigenvalue weighted by Gasteiger charge is -2.27. The summed E-state index contributed by atoms with van der Waals surface area (Å²) in [5.41, 5.74) is 6.47. The van der Waals surface area contributed by atoms with Crippen LogP contribution in [0.15, 0.2) is 53.4 Å². The number of nitrogens with zero attached hydrogens (tertiary/aromatic N) is 1. The lowest BCUT2D eigenvalue weighted by Crippen LogP contribution is -2.27. The van der Waals surface area contributed by atoms with Gasteiger partial charge < -0.3 is 24.7 Å². The number of ketones is 1.